The van der Waals surface area contributed by atoms with E-state index in [-0.39, 0.29) is 0 Å². The van der Waals surface area contributed by atoms with Crippen LogP contribution in [0.3, 0.4) is 0 Å². The van der Waals surface area contributed by atoms with Gasteiger partial charge in [-0.25, -0.2) is 20.2 Å². The molecule has 0 unspecified atom stereocenters. The number of carbonyl (C=O) groups is 1. The van der Waals surface area contributed by atoms with E-state index in [0.717, 1.165) is 26.8 Å². The van der Waals surface area contributed by atoms with Gasteiger partial charge in [-0.2, -0.15) is 5.10 Å². The first-order valence-corrected chi connectivity index (χ1v) is 9.40. The number of hydrogen-bond acceptors (Lipinski definition) is 8. The summed E-state index contributed by atoms with van der Waals surface area (Å²) in [5, 5.41) is 5.02. The molecule has 1 aliphatic rings. The van der Waals surface area contributed by atoms with Crippen LogP contribution < -0.4 is 10.2 Å². The predicted octanol–water partition coefficient (Wildman–Crippen LogP) is 3.42. The third-order valence-electron chi connectivity index (χ3n) is 4.13. The molecule has 0 radical (unpaired) electrons. The minimum Gasteiger partial charge on any atom is -0.491 e. The first-order valence-electron chi connectivity index (χ1n) is 8.58. The van der Waals surface area contributed by atoms with Crippen LogP contribution in [0, 0.1) is 6.92 Å². The van der Waals surface area contributed by atoms with Crippen LogP contribution >= 0.6 is 11.3 Å². The Labute approximate surface area is 165 Å². The molecule has 1 N–H and O–H groups in total. The van der Waals surface area contributed by atoms with E-state index in [1.54, 1.807) is 23.7 Å². The number of aromatic nitrogens is 3. The SMILES string of the molecule is COC(=O)N/N=C1\CCOc2ccc(-c3sc(-c4cccnc4)nc3C)nc21. The van der Waals surface area contributed by atoms with E-state index in [1.165, 1.54) is 7.11 Å². The number of carbonyl (C=O) groups excluding carboxylic acids is 1. The number of nitrogens with one attached hydrogen (secondary N) is 1. The lowest BCUT2D eigenvalue weighted by molar-refractivity contribution is 0.171. The second kappa shape index (κ2) is 7.73. The van der Waals surface area contributed by atoms with Gasteiger partial charge in [-0.05, 0) is 31.2 Å². The first-order chi connectivity index (χ1) is 13.7. The number of aryl methyl sites for hydroxylation is 1. The maximum absolute atomic E-state index is 11.3. The van der Waals surface area contributed by atoms with E-state index in [1.807, 2.05) is 31.2 Å². The molecule has 9 heteroatoms. The van der Waals surface area contributed by atoms with Gasteiger partial charge in [0.2, 0.25) is 0 Å². The molecule has 0 bridgehead atoms. The molecule has 0 aromatic carbocycles. The predicted molar refractivity (Wildman–Crippen MR) is 106 cm³/mol. The lowest BCUT2D eigenvalue weighted by atomic mass is 10.1. The van der Waals surface area contributed by atoms with Gasteiger partial charge in [-0.1, -0.05) is 0 Å². The number of methoxy groups -OCH3 is 1. The smallest absolute Gasteiger partial charge is 0.427 e. The number of rotatable bonds is 3. The number of nitrogens with zero attached hydrogens (tertiary/aromatic N) is 4. The van der Waals surface area contributed by atoms with Gasteiger partial charge >= 0.3 is 6.09 Å². The minimum atomic E-state index is -0.629. The van der Waals surface area contributed by atoms with Gasteiger partial charge in [-0.15, -0.1) is 11.3 Å². The minimum absolute atomic E-state index is 0.473. The lowest BCUT2D eigenvalue weighted by Crippen LogP contribution is -2.24. The van der Waals surface area contributed by atoms with Crippen LogP contribution in [0.5, 0.6) is 5.75 Å². The first kappa shape index (κ1) is 18.1. The van der Waals surface area contributed by atoms with Crippen LogP contribution in [0.25, 0.3) is 21.1 Å². The van der Waals surface area contributed by atoms with Gasteiger partial charge in [-0.3, -0.25) is 4.98 Å². The number of hydrazone groups is 1. The van der Waals surface area contributed by atoms with E-state index in [9.17, 15) is 4.79 Å². The molecule has 0 saturated heterocycles. The molecule has 0 aliphatic carbocycles. The van der Waals surface area contributed by atoms with Crippen molar-refractivity contribution >= 4 is 23.1 Å². The average molecular weight is 395 g/mol. The fraction of sp³-hybridized carbons (Fsp3) is 0.211. The summed E-state index contributed by atoms with van der Waals surface area (Å²) >= 11 is 1.56. The second-order valence-corrected chi connectivity index (χ2v) is 6.98. The number of pyridine rings is 2. The summed E-state index contributed by atoms with van der Waals surface area (Å²) in [7, 11) is 1.29. The molecule has 0 atom stereocenters. The molecular weight excluding hydrogens is 378 g/mol. The molecule has 1 amide bonds. The zero-order chi connectivity index (χ0) is 19.5. The molecule has 0 spiro atoms. The van der Waals surface area contributed by atoms with E-state index in [0.29, 0.717) is 30.2 Å². The molecule has 4 rings (SSSR count). The van der Waals surface area contributed by atoms with Crippen LogP contribution in [0.15, 0.2) is 41.8 Å². The topological polar surface area (TPSA) is 98.6 Å². The van der Waals surface area contributed by atoms with Crippen molar-refractivity contribution in [2.24, 2.45) is 5.10 Å². The maximum Gasteiger partial charge on any atom is 0.427 e. The fourth-order valence-corrected chi connectivity index (χ4v) is 3.81. The summed E-state index contributed by atoms with van der Waals surface area (Å²) in [5.41, 5.74) is 6.23. The molecule has 3 aromatic rings. The van der Waals surface area contributed by atoms with Gasteiger partial charge in [0.05, 0.1) is 35.7 Å². The molecule has 142 valence electrons. The maximum atomic E-state index is 11.3. The highest BCUT2D eigenvalue weighted by Crippen LogP contribution is 2.35. The van der Waals surface area contributed by atoms with Crippen molar-refractivity contribution in [3.05, 3.63) is 48.0 Å². The number of fused-ring (bicyclic) bond motifs is 1. The third-order valence-corrected chi connectivity index (χ3v) is 5.36. The van der Waals surface area contributed by atoms with E-state index in [4.69, 9.17) is 9.72 Å². The summed E-state index contributed by atoms with van der Waals surface area (Å²) in [6.45, 7) is 2.43. The quantitative estimate of drug-likeness (QED) is 0.682. The van der Waals surface area contributed by atoms with Gasteiger partial charge < -0.3 is 9.47 Å². The van der Waals surface area contributed by atoms with Crippen molar-refractivity contribution in [2.75, 3.05) is 13.7 Å². The Bertz CT molecular complexity index is 1050. The van der Waals surface area contributed by atoms with Crippen LogP contribution in [0.4, 0.5) is 4.79 Å². The summed E-state index contributed by atoms with van der Waals surface area (Å²) in [4.78, 5) is 25.9. The summed E-state index contributed by atoms with van der Waals surface area (Å²) in [6, 6.07) is 7.64. The molecule has 4 heterocycles. The van der Waals surface area contributed by atoms with E-state index >= 15 is 0 Å². The summed E-state index contributed by atoms with van der Waals surface area (Å²) < 4.78 is 10.2. The Morgan fingerprint density at radius 1 is 1.32 bits per heavy atom. The van der Waals surface area contributed by atoms with Gasteiger partial charge in [0.15, 0.2) is 0 Å². The second-order valence-electron chi connectivity index (χ2n) is 5.98. The summed E-state index contributed by atoms with van der Waals surface area (Å²) in [6.07, 6.45) is 3.44. The standard InChI is InChI=1S/C19H17N5O3S/c1-11-17(28-18(21-11)12-4-3-8-20-10-12)14-5-6-15-16(22-14)13(7-9-27-15)23-24-19(25)26-2/h3-6,8,10H,7,9H2,1-2H3,(H,24,25)/b23-13+. The Morgan fingerprint density at radius 3 is 3.00 bits per heavy atom. The normalized spacial score (nSPS) is 14.3. The van der Waals surface area contributed by atoms with Gasteiger partial charge in [0, 0.05) is 24.4 Å². The molecule has 28 heavy (non-hydrogen) atoms. The Kier molecular flexibility index (Phi) is 4.98. The molecule has 3 aromatic heterocycles. The highest BCUT2D eigenvalue weighted by atomic mass is 32.1. The zero-order valence-corrected chi connectivity index (χ0v) is 16.1. The molecule has 0 saturated carbocycles. The highest BCUT2D eigenvalue weighted by molar-refractivity contribution is 7.18. The average Bonchev–Trinajstić information content (AvgIpc) is 3.13. The van der Waals surface area contributed by atoms with Gasteiger partial charge in [0.25, 0.3) is 0 Å². The number of amides is 1. The van der Waals surface area contributed by atoms with Crippen molar-refractivity contribution in [2.45, 2.75) is 13.3 Å². The molecule has 8 nitrogen and oxygen atoms in total. The van der Waals surface area contributed by atoms with Crippen molar-refractivity contribution in [3.8, 4) is 26.9 Å². The van der Waals surface area contributed by atoms with Crippen molar-refractivity contribution < 1.29 is 14.3 Å². The van der Waals surface area contributed by atoms with Crippen LogP contribution in [-0.4, -0.2) is 40.5 Å². The molecule has 0 fully saturated rings. The van der Waals surface area contributed by atoms with Crippen LogP contribution in [-0.2, 0) is 4.74 Å². The lowest BCUT2D eigenvalue weighted by Gasteiger charge is -2.18. The third kappa shape index (κ3) is 3.56. The number of thiazole rings is 1. The van der Waals surface area contributed by atoms with Crippen LogP contribution in [0.1, 0.15) is 17.8 Å². The Hall–Kier alpha value is -3.33. The Balaban J connectivity index is 1.71. The van der Waals surface area contributed by atoms with E-state index < -0.39 is 6.09 Å². The van der Waals surface area contributed by atoms with Crippen molar-refractivity contribution in [3.63, 3.8) is 0 Å². The van der Waals surface area contributed by atoms with Crippen molar-refractivity contribution in [1.29, 1.82) is 0 Å². The Morgan fingerprint density at radius 2 is 2.21 bits per heavy atom. The van der Waals surface area contributed by atoms with E-state index in [2.05, 4.69) is 25.2 Å². The molecular formula is C19H17N5O3S. The summed E-state index contributed by atoms with van der Waals surface area (Å²) in [5.74, 6) is 0.634. The number of hydrogen-bond donors (Lipinski definition) is 1. The molecule has 1 aliphatic heterocycles. The van der Waals surface area contributed by atoms with Gasteiger partial charge in [0.1, 0.15) is 16.5 Å². The monoisotopic (exact) mass is 395 g/mol. The van der Waals surface area contributed by atoms with Crippen LogP contribution in [0.2, 0.25) is 0 Å². The largest absolute Gasteiger partial charge is 0.491 e. The zero-order valence-electron chi connectivity index (χ0n) is 15.3. The fourth-order valence-electron chi connectivity index (χ4n) is 2.79. The number of ether oxygens (including phenoxy) is 2. The van der Waals surface area contributed by atoms with Crippen molar-refractivity contribution in [1.82, 2.24) is 20.4 Å². The highest BCUT2D eigenvalue weighted by Gasteiger charge is 2.21.